The smallest absolute Gasteiger partial charge is 0.222 e. The van der Waals surface area contributed by atoms with E-state index in [0.29, 0.717) is 11.3 Å². The molecule has 0 atom stereocenters. The van der Waals surface area contributed by atoms with Crippen LogP contribution in [0.5, 0.6) is 0 Å². The summed E-state index contributed by atoms with van der Waals surface area (Å²) in [5.41, 5.74) is 4.52. The number of hydrogen-bond acceptors (Lipinski definition) is 3. The zero-order chi connectivity index (χ0) is 18.6. The van der Waals surface area contributed by atoms with E-state index >= 15 is 0 Å². The largest absolute Gasteiger partial charge is 0.385 e. The SMILES string of the molecule is COCCCN1CC2(CCC1=O)CCN(Cc1ccc(C)c(C)c1)CC2. The van der Waals surface area contributed by atoms with Gasteiger partial charge in [0.25, 0.3) is 0 Å². The van der Waals surface area contributed by atoms with Gasteiger partial charge in [0.15, 0.2) is 0 Å². The second-order valence-electron chi connectivity index (χ2n) is 8.36. The normalized spacial score (nSPS) is 20.7. The Balaban J connectivity index is 1.53. The Bertz CT molecular complexity index is 621. The Labute approximate surface area is 158 Å². The number of amides is 1. The first-order valence-corrected chi connectivity index (χ1v) is 10.1. The van der Waals surface area contributed by atoms with Crippen LogP contribution in [0.2, 0.25) is 0 Å². The lowest BCUT2D eigenvalue weighted by Crippen LogP contribution is -2.51. The van der Waals surface area contributed by atoms with Gasteiger partial charge in [-0.05, 0) is 74.7 Å². The van der Waals surface area contributed by atoms with Gasteiger partial charge in [-0.1, -0.05) is 18.2 Å². The third kappa shape index (κ3) is 4.66. The van der Waals surface area contributed by atoms with Gasteiger partial charge in [-0.3, -0.25) is 9.69 Å². The predicted octanol–water partition coefficient (Wildman–Crippen LogP) is 3.54. The summed E-state index contributed by atoms with van der Waals surface area (Å²) in [4.78, 5) is 16.9. The van der Waals surface area contributed by atoms with E-state index in [9.17, 15) is 4.79 Å². The first-order valence-electron chi connectivity index (χ1n) is 10.1. The van der Waals surface area contributed by atoms with E-state index in [1.165, 1.54) is 29.5 Å². The molecular formula is C22H34N2O2. The van der Waals surface area contributed by atoms with Crippen LogP contribution in [-0.2, 0) is 16.1 Å². The summed E-state index contributed by atoms with van der Waals surface area (Å²) in [7, 11) is 1.73. The highest BCUT2D eigenvalue weighted by Crippen LogP contribution is 2.40. The second kappa shape index (κ2) is 8.53. The number of benzene rings is 1. The van der Waals surface area contributed by atoms with Gasteiger partial charge in [0.05, 0.1) is 0 Å². The molecule has 1 aromatic carbocycles. The number of nitrogens with zero attached hydrogens (tertiary/aromatic N) is 2. The van der Waals surface area contributed by atoms with Crippen molar-refractivity contribution in [3.8, 4) is 0 Å². The van der Waals surface area contributed by atoms with Crippen molar-refractivity contribution in [2.24, 2.45) is 5.41 Å². The van der Waals surface area contributed by atoms with E-state index < -0.39 is 0 Å². The molecule has 0 aliphatic carbocycles. The van der Waals surface area contributed by atoms with Gasteiger partial charge in [-0.2, -0.15) is 0 Å². The van der Waals surface area contributed by atoms with Gasteiger partial charge in [-0.25, -0.2) is 0 Å². The lowest BCUT2D eigenvalue weighted by molar-refractivity contribution is -0.139. The van der Waals surface area contributed by atoms with Crippen molar-refractivity contribution in [3.63, 3.8) is 0 Å². The molecule has 0 N–H and O–H groups in total. The summed E-state index contributed by atoms with van der Waals surface area (Å²) in [6.07, 6.45) is 5.17. The third-order valence-electron chi connectivity index (χ3n) is 6.42. The molecule has 0 aromatic heterocycles. The number of rotatable bonds is 6. The number of carbonyl (C=O) groups excluding carboxylic acids is 1. The second-order valence-corrected chi connectivity index (χ2v) is 8.36. The molecule has 2 heterocycles. The van der Waals surface area contributed by atoms with Gasteiger partial charge in [0.2, 0.25) is 5.91 Å². The standard InChI is InChI=1S/C22H34N2O2/c1-18-5-6-20(15-19(18)2)16-23-12-9-22(10-13-23)8-7-21(25)24(17-22)11-4-14-26-3/h5-6,15H,4,7-14,16-17H2,1-3H3. The summed E-state index contributed by atoms with van der Waals surface area (Å²) in [6.45, 7) is 10.2. The number of aryl methyl sites for hydroxylation is 2. The van der Waals surface area contributed by atoms with Crippen molar-refractivity contribution in [1.29, 1.82) is 0 Å². The Kier molecular flexibility index (Phi) is 6.36. The minimum absolute atomic E-state index is 0.337. The predicted molar refractivity (Wildman–Crippen MR) is 105 cm³/mol. The highest BCUT2D eigenvalue weighted by molar-refractivity contribution is 5.77. The average Bonchev–Trinajstić information content (AvgIpc) is 2.64. The van der Waals surface area contributed by atoms with Crippen molar-refractivity contribution in [1.82, 2.24) is 9.80 Å². The number of likely N-dealkylation sites (tertiary alicyclic amines) is 2. The molecule has 4 heteroatoms. The Morgan fingerprint density at radius 1 is 1.12 bits per heavy atom. The topological polar surface area (TPSA) is 32.8 Å². The Morgan fingerprint density at radius 2 is 1.88 bits per heavy atom. The van der Waals surface area contributed by atoms with Crippen molar-refractivity contribution >= 4 is 5.91 Å². The van der Waals surface area contributed by atoms with Crippen LogP contribution >= 0.6 is 0 Å². The van der Waals surface area contributed by atoms with Crippen molar-refractivity contribution in [3.05, 3.63) is 34.9 Å². The first kappa shape index (κ1) is 19.4. The molecule has 2 aliphatic heterocycles. The molecule has 2 aliphatic rings. The zero-order valence-corrected chi connectivity index (χ0v) is 16.7. The van der Waals surface area contributed by atoms with Crippen LogP contribution in [0.3, 0.4) is 0 Å². The van der Waals surface area contributed by atoms with Gasteiger partial charge < -0.3 is 9.64 Å². The quantitative estimate of drug-likeness (QED) is 0.729. The van der Waals surface area contributed by atoms with Crippen LogP contribution in [0.15, 0.2) is 18.2 Å². The number of piperidine rings is 2. The molecule has 3 rings (SSSR count). The lowest BCUT2D eigenvalue weighted by Gasteiger charge is -2.47. The minimum atomic E-state index is 0.337. The molecule has 144 valence electrons. The Hall–Kier alpha value is -1.39. The molecule has 1 aromatic rings. The summed E-state index contributed by atoms with van der Waals surface area (Å²) in [6, 6.07) is 6.83. The number of ether oxygens (including phenoxy) is 1. The summed E-state index contributed by atoms with van der Waals surface area (Å²) in [5.74, 6) is 0.337. The third-order valence-corrected chi connectivity index (χ3v) is 6.42. The molecule has 0 bridgehead atoms. The summed E-state index contributed by atoms with van der Waals surface area (Å²) in [5, 5.41) is 0. The van der Waals surface area contributed by atoms with Crippen LogP contribution in [0.4, 0.5) is 0 Å². The fourth-order valence-corrected chi connectivity index (χ4v) is 4.46. The number of hydrogen-bond donors (Lipinski definition) is 0. The molecule has 26 heavy (non-hydrogen) atoms. The van der Waals surface area contributed by atoms with Crippen molar-refractivity contribution < 1.29 is 9.53 Å². The maximum atomic E-state index is 12.3. The first-order chi connectivity index (χ1) is 12.5. The monoisotopic (exact) mass is 358 g/mol. The minimum Gasteiger partial charge on any atom is -0.385 e. The highest BCUT2D eigenvalue weighted by Gasteiger charge is 2.40. The van der Waals surface area contributed by atoms with E-state index in [2.05, 4.69) is 41.8 Å². The molecule has 2 saturated heterocycles. The van der Waals surface area contributed by atoms with Gasteiger partial charge in [0.1, 0.15) is 0 Å². The van der Waals surface area contributed by atoms with Crippen molar-refractivity contribution in [2.75, 3.05) is 39.9 Å². The van der Waals surface area contributed by atoms with Crippen LogP contribution in [0.1, 0.15) is 48.8 Å². The summed E-state index contributed by atoms with van der Waals surface area (Å²) >= 11 is 0. The van der Waals surface area contributed by atoms with Crippen molar-refractivity contribution in [2.45, 2.75) is 52.5 Å². The van der Waals surface area contributed by atoms with E-state index in [-0.39, 0.29) is 0 Å². The highest BCUT2D eigenvalue weighted by atomic mass is 16.5. The fraction of sp³-hybridized carbons (Fsp3) is 0.682. The van der Waals surface area contributed by atoms with E-state index in [1.807, 2.05) is 0 Å². The average molecular weight is 359 g/mol. The van der Waals surface area contributed by atoms with Crippen LogP contribution in [-0.4, -0.2) is 55.6 Å². The van der Waals surface area contributed by atoms with Crippen LogP contribution in [0, 0.1) is 19.3 Å². The zero-order valence-electron chi connectivity index (χ0n) is 16.7. The van der Waals surface area contributed by atoms with Crippen LogP contribution in [0.25, 0.3) is 0 Å². The molecule has 1 spiro atoms. The van der Waals surface area contributed by atoms with Gasteiger partial charge in [0, 0.05) is 39.8 Å². The van der Waals surface area contributed by atoms with E-state index in [0.717, 1.165) is 58.6 Å². The molecule has 1 amide bonds. The lowest BCUT2D eigenvalue weighted by atomic mass is 9.72. The molecule has 0 unspecified atom stereocenters. The Morgan fingerprint density at radius 3 is 2.58 bits per heavy atom. The maximum absolute atomic E-state index is 12.3. The maximum Gasteiger partial charge on any atom is 0.222 e. The molecule has 2 fully saturated rings. The number of carbonyl (C=O) groups is 1. The van der Waals surface area contributed by atoms with E-state index in [4.69, 9.17) is 4.74 Å². The van der Waals surface area contributed by atoms with E-state index in [1.54, 1.807) is 7.11 Å². The molecule has 4 nitrogen and oxygen atoms in total. The molecule has 0 saturated carbocycles. The van der Waals surface area contributed by atoms with Gasteiger partial charge >= 0.3 is 0 Å². The fourth-order valence-electron chi connectivity index (χ4n) is 4.46. The van der Waals surface area contributed by atoms with Crippen LogP contribution < -0.4 is 0 Å². The molecule has 0 radical (unpaired) electrons. The van der Waals surface area contributed by atoms with Gasteiger partial charge in [-0.15, -0.1) is 0 Å². The molecular weight excluding hydrogens is 324 g/mol. The number of methoxy groups -OCH3 is 1. The summed E-state index contributed by atoms with van der Waals surface area (Å²) < 4.78 is 5.15.